The molecule has 2 unspecified atom stereocenters. The topological polar surface area (TPSA) is 55.4 Å². The molecule has 0 amide bonds. The van der Waals surface area contributed by atoms with Gasteiger partial charge in [0, 0.05) is 18.3 Å². The highest BCUT2D eigenvalue weighted by Gasteiger charge is 2.35. The first-order chi connectivity index (χ1) is 10.6. The largest absolute Gasteiger partial charge is 0.468 e. The first-order valence-electron chi connectivity index (χ1n) is 7.72. The lowest BCUT2D eigenvalue weighted by Gasteiger charge is -2.26. The molecule has 0 spiro atoms. The van der Waals surface area contributed by atoms with E-state index in [4.69, 9.17) is 4.74 Å². The molecular formula is C18H23NO3. The fourth-order valence-electron chi connectivity index (χ4n) is 2.85. The maximum absolute atomic E-state index is 12.1. The quantitative estimate of drug-likeness (QED) is 0.498. The summed E-state index contributed by atoms with van der Waals surface area (Å²) < 4.78 is 4.70. The number of hydrogen-bond donors (Lipinski definition) is 1. The third kappa shape index (κ3) is 4.20. The van der Waals surface area contributed by atoms with Crippen LogP contribution in [0.15, 0.2) is 42.1 Å². The summed E-state index contributed by atoms with van der Waals surface area (Å²) >= 11 is 0. The van der Waals surface area contributed by atoms with Crippen LogP contribution in [0.5, 0.6) is 0 Å². The predicted molar refractivity (Wildman–Crippen MR) is 85.1 cm³/mol. The maximum Gasteiger partial charge on any atom is 0.316 e. The summed E-state index contributed by atoms with van der Waals surface area (Å²) in [6, 6.07) is 10.3. The Kier molecular flexibility index (Phi) is 5.75. The minimum absolute atomic E-state index is 0.0263. The zero-order valence-electron chi connectivity index (χ0n) is 13.2. The second-order valence-electron chi connectivity index (χ2n) is 5.77. The standard InChI is InChI=1S/C18H23NO3/c1-13-11-15(12-16(20)17(13)18(21)22-2)19-10-6-9-14-7-4-3-5-8-14/h3-5,7-8,12-13,17,19H,6,9-11H2,1-2H3. The Hall–Kier alpha value is -2.10. The number of aryl methyl sites for hydroxylation is 1. The molecule has 0 bridgehead atoms. The van der Waals surface area contributed by atoms with Gasteiger partial charge >= 0.3 is 5.97 Å². The van der Waals surface area contributed by atoms with Crippen molar-refractivity contribution in [2.24, 2.45) is 11.8 Å². The molecule has 1 aromatic carbocycles. The number of carbonyl (C=O) groups is 2. The van der Waals surface area contributed by atoms with E-state index >= 15 is 0 Å². The van der Waals surface area contributed by atoms with Gasteiger partial charge in [0.15, 0.2) is 5.78 Å². The number of rotatable bonds is 6. The van der Waals surface area contributed by atoms with Crippen molar-refractivity contribution in [3.63, 3.8) is 0 Å². The molecule has 0 radical (unpaired) electrons. The van der Waals surface area contributed by atoms with Crippen LogP contribution in [0.4, 0.5) is 0 Å². The zero-order valence-corrected chi connectivity index (χ0v) is 13.2. The van der Waals surface area contributed by atoms with Gasteiger partial charge in [-0.15, -0.1) is 0 Å². The van der Waals surface area contributed by atoms with Crippen molar-refractivity contribution >= 4 is 11.8 Å². The third-order valence-electron chi connectivity index (χ3n) is 4.03. The van der Waals surface area contributed by atoms with Gasteiger partial charge < -0.3 is 10.1 Å². The van der Waals surface area contributed by atoms with E-state index in [0.29, 0.717) is 6.42 Å². The van der Waals surface area contributed by atoms with Gasteiger partial charge in [0.05, 0.1) is 7.11 Å². The molecule has 2 atom stereocenters. The smallest absolute Gasteiger partial charge is 0.316 e. The average Bonchev–Trinajstić information content (AvgIpc) is 2.51. The van der Waals surface area contributed by atoms with Gasteiger partial charge in [0.2, 0.25) is 0 Å². The number of benzene rings is 1. The highest BCUT2D eigenvalue weighted by Crippen LogP contribution is 2.26. The SMILES string of the molecule is COC(=O)C1C(=O)C=C(NCCCc2ccccc2)CC1C. The minimum Gasteiger partial charge on any atom is -0.468 e. The Bertz CT molecular complexity index is 551. The predicted octanol–water partition coefficient (Wildman–Crippen LogP) is 2.49. The maximum atomic E-state index is 12.1. The van der Waals surface area contributed by atoms with Gasteiger partial charge in [0.1, 0.15) is 5.92 Å². The number of carbonyl (C=O) groups excluding carboxylic acids is 2. The van der Waals surface area contributed by atoms with Crippen LogP contribution in [0.3, 0.4) is 0 Å². The Labute approximate surface area is 131 Å². The second-order valence-corrected chi connectivity index (χ2v) is 5.77. The molecule has 1 N–H and O–H groups in total. The van der Waals surface area contributed by atoms with E-state index in [-0.39, 0.29) is 11.7 Å². The lowest BCUT2D eigenvalue weighted by Crippen LogP contribution is -2.35. The van der Waals surface area contributed by atoms with E-state index in [9.17, 15) is 9.59 Å². The van der Waals surface area contributed by atoms with Gasteiger partial charge in [-0.05, 0) is 30.7 Å². The second kappa shape index (κ2) is 7.78. The van der Waals surface area contributed by atoms with Crippen molar-refractivity contribution in [1.29, 1.82) is 0 Å². The summed E-state index contributed by atoms with van der Waals surface area (Å²) in [6.45, 7) is 2.74. The van der Waals surface area contributed by atoms with Crippen LogP contribution in [0.2, 0.25) is 0 Å². The van der Waals surface area contributed by atoms with Gasteiger partial charge in [0.25, 0.3) is 0 Å². The molecule has 0 saturated heterocycles. The highest BCUT2D eigenvalue weighted by molar-refractivity contribution is 6.06. The number of methoxy groups -OCH3 is 1. The summed E-state index contributed by atoms with van der Waals surface area (Å²) in [5.41, 5.74) is 2.24. The number of ether oxygens (including phenoxy) is 1. The molecule has 0 aromatic heterocycles. The normalized spacial score (nSPS) is 21.2. The van der Waals surface area contributed by atoms with Crippen LogP contribution in [0.1, 0.15) is 25.3 Å². The Morgan fingerprint density at radius 2 is 2.05 bits per heavy atom. The average molecular weight is 301 g/mol. The van der Waals surface area contributed by atoms with Gasteiger partial charge in [-0.3, -0.25) is 9.59 Å². The highest BCUT2D eigenvalue weighted by atomic mass is 16.5. The van der Waals surface area contributed by atoms with Crippen LogP contribution < -0.4 is 5.32 Å². The van der Waals surface area contributed by atoms with Gasteiger partial charge in [-0.1, -0.05) is 37.3 Å². The number of allylic oxidation sites excluding steroid dienone is 2. The molecule has 0 aliphatic heterocycles. The van der Waals surface area contributed by atoms with Crippen molar-refractivity contribution in [3.8, 4) is 0 Å². The molecule has 22 heavy (non-hydrogen) atoms. The lowest BCUT2D eigenvalue weighted by atomic mass is 9.82. The van der Waals surface area contributed by atoms with Gasteiger partial charge in [-0.25, -0.2) is 0 Å². The van der Waals surface area contributed by atoms with E-state index in [0.717, 1.165) is 25.1 Å². The van der Waals surface area contributed by atoms with Crippen molar-refractivity contribution in [2.45, 2.75) is 26.2 Å². The summed E-state index contributed by atoms with van der Waals surface area (Å²) in [5.74, 6) is -1.27. The van der Waals surface area contributed by atoms with Gasteiger partial charge in [-0.2, -0.15) is 0 Å². The van der Waals surface area contributed by atoms with Crippen molar-refractivity contribution in [3.05, 3.63) is 47.7 Å². The van der Waals surface area contributed by atoms with Crippen molar-refractivity contribution in [2.75, 3.05) is 13.7 Å². The van der Waals surface area contributed by atoms with E-state index < -0.39 is 11.9 Å². The molecule has 4 heteroatoms. The molecule has 2 rings (SSSR count). The van der Waals surface area contributed by atoms with Crippen molar-refractivity contribution in [1.82, 2.24) is 5.32 Å². The van der Waals surface area contributed by atoms with E-state index in [1.165, 1.54) is 12.7 Å². The molecule has 0 fully saturated rings. The number of nitrogens with one attached hydrogen (secondary N) is 1. The summed E-state index contributed by atoms with van der Waals surface area (Å²) in [7, 11) is 1.32. The fourth-order valence-corrected chi connectivity index (χ4v) is 2.85. The fraction of sp³-hybridized carbons (Fsp3) is 0.444. The Balaban J connectivity index is 1.81. The van der Waals surface area contributed by atoms with Crippen LogP contribution >= 0.6 is 0 Å². The van der Waals surface area contributed by atoms with Crippen LogP contribution in [-0.4, -0.2) is 25.4 Å². The van der Waals surface area contributed by atoms with Crippen LogP contribution in [0, 0.1) is 11.8 Å². The Morgan fingerprint density at radius 1 is 1.32 bits per heavy atom. The van der Waals surface area contributed by atoms with Crippen molar-refractivity contribution < 1.29 is 14.3 Å². The molecule has 118 valence electrons. The molecule has 1 aliphatic carbocycles. The van der Waals surface area contributed by atoms with Crippen LogP contribution in [0.25, 0.3) is 0 Å². The summed E-state index contributed by atoms with van der Waals surface area (Å²) in [5, 5.41) is 3.32. The lowest BCUT2D eigenvalue weighted by molar-refractivity contribution is -0.150. The first-order valence-corrected chi connectivity index (χ1v) is 7.72. The summed E-state index contributed by atoms with van der Waals surface area (Å²) in [6.07, 6.45) is 4.28. The molecule has 1 aliphatic rings. The number of esters is 1. The molecule has 0 saturated carbocycles. The van der Waals surface area contributed by atoms with E-state index in [1.54, 1.807) is 6.08 Å². The monoisotopic (exact) mass is 301 g/mol. The Morgan fingerprint density at radius 3 is 2.68 bits per heavy atom. The summed E-state index contributed by atoms with van der Waals surface area (Å²) in [4.78, 5) is 23.7. The molecule has 1 aromatic rings. The molecule has 4 nitrogen and oxygen atoms in total. The van der Waals surface area contributed by atoms with Crippen LogP contribution in [-0.2, 0) is 20.7 Å². The molecular weight excluding hydrogens is 278 g/mol. The van der Waals surface area contributed by atoms with E-state index in [1.807, 2.05) is 25.1 Å². The molecule has 0 heterocycles. The number of ketones is 1. The third-order valence-corrected chi connectivity index (χ3v) is 4.03. The number of hydrogen-bond acceptors (Lipinski definition) is 4. The first kappa shape index (κ1) is 16.3. The zero-order chi connectivity index (χ0) is 15.9. The minimum atomic E-state index is -0.653. The van der Waals surface area contributed by atoms with E-state index in [2.05, 4.69) is 17.4 Å².